The Bertz CT molecular complexity index is 4380. The number of benzene rings is 9. The smallest absolute Gasteiger partial charge is 0.233 e. The van der Waals surface area contributed by atoms with Crippen LogP contribution < -0.4 is 25.6 Å². The van der Waals surface area contributed by atoms with E-state index >= 15 is 0 Å². The molecule has 4 aliphatic carbocycles. The van der Waals surface area contributed by atoms with E-state index in [0.717, 1.165) is 62.4 Å². The van der Waals surface area contributed by atoms with Gasteiger partial charge in [-0.2, -0.15) is 0 Å². The summed E-state index contributed by atoms with van der Waals surface area (Å²) in [6.07, 6.45) is 8.45. The third-order valence-electron chi connectivity index (χ3n) is 21.6. The number of hydrogen-bond donors (Lipinski definition) is 0. The number of anilines is 8. The van der Waals surface area contributed by atoms with E-state index in [1.807, 2.05) is 0 Å². The van der Waals surface area contributed by atoms with Crippen LogP contribution in [-0.4, -0.2) is 11.9 Å². The molecule has 6 heteroatoms. The van der Waals surface area contributed by atoms with Gasteiger partial charge in [0.15, 0.2) is 5.58 Å². The Morgan fingerprint density at radius 1 is 0.500 bits per heavy atom. The molecule has 0 amide bonds. The zero-order chi connectivity index (χ0) is 60.6. The lowest BCUT2D eigenvalue weighted by atomic mass is 9.33. The SMILES string of the molecule is CC(C)(C)c1ccc(N(c2ccc3c(c2)N(c2cccc4c2oc2ccccc24)c2cc(C(C)(C)C)cc4c2B3C2Sc3ccc(C(C)(C)C)cc3C2N4c2ccc(C34CC5CC(CC(C5)C3)C4)cc2)c2ccc(C(C)(C)C)cc2-c2ccccc2)cc1. The molecule has 0 saturated heterocycles. The highest BCUT2D eigenvalue weighted by molar-refractivity contribution is 8.02. The van der Waals surface area contributed by atoms with Crippen molar-refractivity contribution in [2.45, 2.75) is 165 Å². The van der Waals surface area contributed by atoms with Crippen LogP contribution in [0.5, 0.6) is 0 Å². The number of para-hydroxylation sites is 2. The van der Waals surface area contributed by atoms with E-state index < -0.39 is 0 Å². The van der Waals surface area contributed by atoms with E-state index in [1.165, 1.54) is 116 Å². The number of furan rings is 1. The second kappa shape index (κ2) is 19.8. The summed E-state index contributed by atoms with van der Waals surface area (Å²) in [4.78, 5) is 9.40. The van der Waals surface area contributed by atoms with Crippen LogP contribution in [0.3, 0.4) is 0 Å². The van der Waals surface area contributed by atoms with E-state index in [-0.39, 0.29) is 39.6 Å². The van der Waals surface area contributed by atoms with Crippen LogP contribution in [0.1, 0.15) is 161 Å². The minimum absolute atomic E-state index is 0.00769. The lowest BCUT2D eigenvalue weighted by molar-refractivity contribution is -0.00518. The Kier molecular flexibility index (Phi) is 12.6. The summed E-state index contributed by atoms with van der Waals surface area (Å²) in [5.41, 5.74) is 24.8. The maximum Gasteiger partial charge on any atom is 0.233 e. The van der Waals surface area contributed by atoms with Crippen LogP contribution in [0, 0.1) is 17.8 Å². The summed E-state index contributed by atoms with van der Waals surface area (Å²) in [5.74, 6) is 2.68. The van der Waals surface area contributed by atoms with Crippen molar-refractivity contribution in [1.82, 2.24) is 0 Å². The van der Waals surface area contributed by atoms with Gasteiger partial charge in [-0.1, -0.05) is 192 Å². The first-order chi connectivity index (χ1) is 42.1. The lowest BCUT2D eigenvalue weighted by Gasteiger charge is -2.57. The molecule has 442 valence electrons. The predicted molar refractivity (Wildman–Crippen MR) is 376 cm³/mol. The number of hydrogen-bond acceptors (Lipinski definition) is 5. The van der Waals surface area contributed by atoms with Gasteiger partial charge in [0.2, 0.25) is 6.71 Å². The van der Waals surface area contributed by atoms with E-state index in [1.54, 1.807) is 5.56 Å². The highest BCUT2D eigenvalue weighted by atomic mass is 32.2. The van der Waals surface area contributed by atoms with Crippen molar-refractivity contribution in [2.24, 2.45) is 17.8 Å². The van der Waals surface area contributed by atoms with Crippen molar-refractivity contribution < 1.29 is 4.42 Å². The Balaban J connectivity index is 0.970. The molecular weight excluding hydrogens is 1090 g/mol. The summed E-state index contributed by atoms with van der Waals surface area (Å²) < 4.78 is 7.19. The first-order valence-corrected chi connectivity index (χ1v) is 33.8. The third-order valence-corrected chi connectivity index (χ3v) is 23.1. The van der Waals surface area contributed by atoms with Gasteiger partial charge in [-0.25, -0.2) is 0 Å². The highest BCUT2D eigenvalue weighted by Gasteiger charge is 2.56. The van der Waals surface area contributed by atoms with E-state index in [0.29, 0.717) is 5.41 Å². The van der Waals surface area contributed by atoms with Gasteiger partial charge in [0.05, 0.1) is 17.4 Å². The fraction of sp³-hybridized carbons (Fsp3) is 0.341. The molecular formula is C82H84BN3OS. The molecule has 3 aliphatic heterocycles. The number of rotatable bonds is 7. The summed E-state index contributed by atoms with van der Waals surface area (Å²) in [6, 6.07) is 73.6. The monoisotopic (exact) mass is 1170 g/mol. The van der Waals surface area contributed by atoms with Crippen LogP contribution in [0.2, 0.25) is 0 Å². The zero-order valence-electron chi connectivity index (χ0n) is 53.8. The van der Waals surface area contributed by atoms with Crippen LogP contribution in [0.15, 0.2) is 197 Å². The fourth-order valence-electron chi connectivity index (χ4n) is 17.4. The highest BCUT2D eigenvalue weighted by Crippen LogP contribution is 2.62. The Morgan fingerprint density at radius 3 is 1.78 bits per heavy atom. The molecule has 17 rings (SSSR count). The van der Waals surface area contributed by atoms with Crippen molar-refractivity contribution in [3.63, 3.8) is 0 Å². The molecule has 88 heavy (non-hydrogen) atoms. The average Bonchev–Trinajstić information content (AvgIpc) is 1.41. The van der Waals surface area contributed by atoms with Gasteiger partial charge in [-0.3, -0.25) is 0 Å². The first-order valence-electron chi connectivity index (χ1n) is 32.9. The molecule has 0 N–H and O–H groups in total. The summed E-state index contributed by atoms with van der Waals surface area (Å²) in [7, 11) is 0. The maximum absolute atomic E-state index is 7.19. The van der Waals surface area contributed by atoms with Crippen LogP contribution in [0.25, 0.3) is 33.1 Å². The van der Waals surface area contributed by atoms with Crippen molar-refractivity contribution in [3.05, 3.63) is 221 Å². The molecule has 4 heterocycles. The van der Waals surface area contributed by atoms with E-state index in [9.17, 15) is 0 Å². The van der Waals surface area contributed by atoms with Gasteiger partial charge < -0.3 is 19.1 Å². The van der Waals surface area contributed by atoms with Gasteiger partial charge in [0.1, 0.15) is 5.58 Å². The molecule has 7 aliphatic rings. The summed E-state index contributed by atoms with van der Waals surface area (Å²) in [5, 5.41) is 2.41. The molecule has 4 nitrogen and oxygen atoms in total. The standard InChI is InChI=1S/C82H84BN3OS/c1-78(2,3)54-25-31-59(32-26-54)84(67-37-29-56(79(4,5)6)42-64(67)53-19-14-13-15-20-53)61-35-36-66-69(46-61)86(68-23-18-22-63-62-21-16-17-24-72(62)87-76(63)68)71-45-58(81(10,11)12)44-70-74(71)83(66)77-75(65-43-57(80(7,8)9)30-38-73(65)88-77)85(70)60-33-27-55(28-34-60)82-47-50-39-51(48-82)41-52(40-50)49-82/h13-38,42-46,50-52,75,77H,39-41,47-49H2,1-12H3. The van der Waals surface area contributed by atoms with Gasteiger partial charge >= 0.3 is 0 Å². The van der Waals surface area contributed by atoms with Crippen LogP contribution >= 0.6 is 11.8 Å². The first kappa shape index (κ1) is 55.9. The average molecular weight is 1170 g/mol. The number of thioether (sulfide) groups is 1. The molecule has 9 aromatic carbocycles. The van der Waals surface area contributed by atoms with Crippen LogP contribution in [-0.2, 0) is 27.1 Å². The maximum atomic E-state index is 7.19. The van der Waals surface area contributed by atoms with Gasteiger partial charge in [0.25, 0.3) is 0 Å². The van der Waals surface area contributed by atoms with Gasteiger partial charge in [-0.05, 0) is 212 Å². The fourth-order valence-corrected chi connectivity index (χ4v) is 19.0. The Hall–Kier alpha value is -7.41. The molecule has 10 aromatic rings. The van der Waals surface area contributed by atoms with E-state index in [4.69, 9.17) is 4.42 Å². The predicted octanol–water partition coefficient (Wildman–Crippen LogP) is 21.7. The molecule has 0 radical (unpaired) electrons. The topological polar surface area (TPSA) is 22.9 Å². The van der Waals surface area contributed by atoms with E-state index in [2.05, 4.69) is 298 Å². The van der Waals surface area contributed by atoms with Gasteiger partial charge in [-0.15, -0.1) is 11.8 Å². The minimum Gasteiger partial charge on any atom is -0.454 e. The summed E-state index contributed by atoms with van der Waals surface area (Å²) >= 11 is 2.12. The number of fused-ring (bicyclic) bond motifs is 9. The molecule has 4 bridgehead atoms. The molecule has 4 fully saturated rings. The molecule has 2 unspecified atom stereocenters. The second-order valence-electron chi connectivity index (χ2n) is 31.6. The Morgan fingerprint density at radius 2 is 1.10 bits per heavy atom. The second-order valence-corrected chi connectivity index (χ2v) is 32.8. The normalized spacial score (nSPS) is 21.9. The Labute approximate surface area is 527 Å². The van der Waals surface area contributed by atoms with Crippen molar-refractivity contribution in [3.8, 4) is 11.1 Å². The quantitative estimate of drug-likeness (QED) is 0.148. The van der Waals surface area contributed by atoms with Crippen molar-refractivity contribution in [1.29, 1.82) is 0 Å². The van der Waals surface area contributed by atoms with Gasteiger partial charge in [0, 0.05) is 60.5 Å². The largest absolute Gasteiger partial charge is 0.454 e. The molecule has 1 aromatic heterocycles. The minimum atomic E-state index is -0.185. The third kappa shape index (κ3) is 8.98. The zero-order valence-corrected chi connectivity index (χ0v) is 54.6. The molecule has 2 atom stereocenters. The molecule has 4 saturated carbocycles. The number of nitrogens with zero attached hydrogens (tertiary/aromatic N) is 3. The van der Waals surface area contributed by atoms with Crippen molar-refractivity contribution >= 4 is 96.8 Å². The summed E-state index contributed by atoms with van der Waals surface area (Å²) in [6.45, 7) is 28.3. The van der Waals surface area contributed by atoms with Crippen LogP contribution in [0.4, 0.5) is 45.5 Å². The van der Waals surface area contributed by atoms with Crippen molar-refractivity contribution in [2.75, 3.05) is 14.7 Å². The molecule has 0 spiro atoms. The lowest BCUT2D eigenvalue weighted by Crippen LogP contribution is -2.62.